The van der Waals surface area contributed by atoms with Crippen LogP contribution >= 0.6 is 11.6 Å². The number of fused-ring (bicyclic) bond motifs is 2. The van der Waals surface area contributed by atoms with Gasteiger partial charge in [-0.05, 0) is 43.4 Å². The first-order chi connectivity index (χ1) is 11.2. The third-order valence-electron chi connectivity index (χ3n) is 5.08. The van der Waals surface area contributed by atoms with Crippen molar-refractivity contribution in [3.63, 3.8) is 0 Å². The van der Waals surface area contributed by atoms with Crippen molar-refractivity contribution in [2.24, 2.45) is 0 Å². The maximum atomic E-state index is 12.8. The Labute approximate surface area is 140 Å². The molecule has 0 N–H and O–H groups in total. The number of nitrogens with zero attached hydrogens (tertiary/aromatic N) is 4. The van der Waals surface area contributed by atoms with E-state index in [9.17, 15) is 4.79 Å². The third-order valence-corrected chi connectivity index (χ3v) is 5.33. The normalized spacial score (nSPS) is 26.5. The van der Waals surface area contributed by atoms with Gasteiger partial charge in [-0.1, -0.05) is 28.9 Å². The standard InChI is InChI=1S/C17H19ClN4O/c18-13-3-1-12(2-4-13)9-17(23)22-14-5-6-15(22)11-16(10-14)21-8-7-19-20-21/h1-4,7-8,14-16H,5-6,9-11H2. The number of piperidine rings is 1. The van der Waals surface area contributed by atoms with Crippen molar-refractivity contribution in [1.29, 1.82) is 0 Å². The molecule has 0 spiro atoms. The van der Waals surface area contributed by atoms with E-state index in [0.717, 1.165) is 31.2 Å². The number of aromatic nitrogens is 3. The van der Waals surface area contributed by atoms with Gasteiger partial charge in [0.1, 0.15) is 0 Å². The minimum Gasteiger partial charge on any atom is -0.336 e. The van der Waals surface area contributed by atoms with Gasteiger partial charge in [0.15, 0.2) is 0 Å². The molecule has 1 aromatic carbocycles. The molecule has 6 heteroatoms. The van der Waals surface area contributed by atoms with Gasteiger partial charge >= 0.3 is 0 Å². The summed E-state index contributed by atoms with van der Waals surface area (Å²) in [5, 5.41) is 8.74. The first-order valence-corrected chi connectivity index (χ1v) is 8.50. The average molecular weight is 331 g/mol. The Kier molecular flexibility index (Phi) is 3.81. The van der Waals surface area contributed by atoms with Crippen LogP contribution in [-0.4, -0.2) is 37.9 Å². The summed E-state index contributed by atoms with van der Waals surface area (Å²) in [5.74, 6) is 0.233. The van der Waals surface area contributed by atoms with Crippen LogP contribution in [0.15, 0.2) is 36.7 Å². The predicted octanol–water partition coefficient (Wildman–Crippen LogP) is 2.87. The van der Waals surface area contributed by atoms with Gasteiger partial charge in [-0.25, -0.2) is 4.68 Å². The van der Waals surface area contributed by atoms with Gasteiger partial charge in [-0.15, -0.1) is 5.10 Å². The molecule has 2 bridgehead atoms. The summed E-state index contributed by atoms with van der Waals surface area (Å²) in [5.41, 5.74) is 1.03. The molecule has 2 saturated heterocycles. The number of hydrogen-bond donors (Lipinski definition) is 0. The highest BCUT2D eigenvalue weighted by atomic mass is 35.5. The smallest absolute Gasteiger partial charge is 0.227 e. The van der Waals surface area contributed by atoms with Gasteiger partial charge in [-0.2, -0.15) is 0 Å². The summed E-state index contributed by atoms with van der Waals surface area (Å²) in [7, 11) is 0. The fraction of sp³-hybridized carbons (Fsp3) is 0.471. The molecule has 2 aliphatic heterocycles. The minimum atomic E-state index is 0.233. The molecule has 1 amide bonds. The van der Waals surface area contributed by atoms with Crippen LogP contribution in [0.5, 0.6) is 0 Å². The van der Waals surface area contributed by atoms with Gasteiger partial charge in [0.05, 0.1) is 18.7 Å². The fourth-order valence-electron chi connectivity index (χ4n) is 4.05. The Morgan fingerprint density at radius 2 is 1.83 bits per heavy atom. The largest absolute Gasteiger partial charge is 0.336 e. The Morgan fingerprint density at radius 1 is 1.13 bits per heavy atom. The second-order valence-corrected chi connectivity index (χ2v) is 6.93. The summed E-state index contributed by atoms with van der Waals surface area (Å²) in [4.78, 5) is 14.9. The molecule has 23 heavy (non-hydrogen) atoms. The van der Waals surface area contributed by atoms with Crippen molar-refractivity contribution in [2.45, 2.75) is 50.2 Å². The molecule has 2 atom stereocenters. The summed E-state index contributed by atoms with van der Waals surface area (Å²) in [6.45, 7) is 0. The summed E-state index contributed by atoms with van der Waals surface area (Å²) in [6, 6.07) is 8.60. The lowest BCUT2D eigenvalue weighted by Crippen LogP contribution is -2.47. The highest BCUT2D eigenvalue weighted by molar-refractivity contribution is 6.30. The number of carbonyl (C=O) groups excluding carboxylic acids is 1. The van der Waals surface area contributed by atoms with Crippen LogP contribution in [0.2, 0.25) is 5.02 Å². The quantitative estimate of drug-likeness (QED) is 0.869. The number of benzene rings is 1. The SMILES string of the molecule is O=C(Cc1ccc(Cl)cc1)N1C2CCC1CC(n1ccnn1)C2. The van der Waals surface area contributed by atoms with Crippen molar-refractivity contribution in [3.8, 4) is 0 Å². The Hall–Kier alpha value is -1.88. The average Bonchev–Trinajstić information content (AvgIpc) is 3.16. The summed E-state index contributed by atoms with van der Waals surface area (Å²) < 4.78 is 1.95. The van der Waals surface area contributed by atoms with E-state index in [1.165, 1.54) is 0 Å². The van der Waals surface area contributed by atoms with Crippen LogP contribution in [0.1, 0.15) is 37.3 Å². The van der Waals surface area contributed by atoms with E-state index in [4.69, 9.17) is 11.6 Å². The maximum Gasteiger partial charge on any atom is 0.227 e. The molecule has 2 aromatic rings. The van der Waals surface area contributed by atoms with Crippen molar-refractivity contribution in [2.75, 3.05) is 0 Å². The van der Waals surface area contributed by atoms with Crippen molar-refractivity contribution in [3.05, 3.63) is 47.2 Å². The lowest BCUT2D eigenvalue weighted by atomic mass is 9.96. The second kappa shape index (κ2) is 5.96. The molecule has 0 aliphatic carbocycles. The number of rotatable bonds is 3. The third kappa shape index (κ3) is 2.85. The van der Waals surface area contributed by atoms with Crippen LogP contribution in [0.3, 0.4) is 0 Å². The molecule has 2 aliphatic rings. The van der Waals surface area contributed by atoms with Crippen molar-refractivity contribution < 1.29 is 4.79 Å². The zero-order chi connectivity index (χ0) is 15.8. The summed E-state index contributed by atoms with van der Waals surface area (Å²) in [6.07, 6.45) is 8.26. The van der Waals surface area contributed by atoms with Gasteiger partial charge in [0.2, 0.25) is 5.91 Å². The van der Waals surface area contributed by atoms with Crippen LogP contribution in [0, 0.1) is 0 Å². The first-order valence-electron chi connectivity index (χ1n) is 8.12. The van der Waals surface area contributed by atoms with Crippen LogP contribution in [0.4, 0.5) is 0 Å². The van der Waals surface area contributed by atoms with Gasteiger partial charge in [0.25, 0.3) is 0 Å². The molecule has 2 unspecified atom stereocenters. The molecule has 120 valence electrons. The number of amides is 1. The predicted molar refractivity (Wildman–Crippen MR) is 87.1 cm³/mol. The summed E-state index contributed by atoms with van der Waals surface area (Å²) >= 11 is 5.91. The maximum absolute atomic E-state index is 12.8. The van der Waals surface area contributed by atoms with Crippen LogP contribution in [0.25, 0.3) is 0 Å². The van der Waals surface area contributed by atoms with E-state index in [1.54, 1.807) is 6.20 Å². The zero-order valence-electron chi connectivity index (χ0n) is 12.8. The molecular weight excluding hydrogens is 312 g/mol. The monoisotopic (exact) mass is 330 g/mol. The minimum absolute atomic E-state index is 0.233. The van der Waals surface area contributed by atoms with Crippen LogP contribution < -0.4 is 0 Å². The van der Waals surface area contributed by atoms with Crippen molar-refractivity contribution >= 4 is 17.5 Å². The van der Waals surface area contributed by atoms with Crippen LogP contribution in [-0.2, 0) is 11.2 Å². The lowest BCUT2D eigenvalue weighted by molar-refractivity contribution is -0.135. The molecule has 3 heterocycles. The number of halogens is 1. The highest BCUT2D eigenvalue weighted by Crippen LogP contribution is 2.40. The fourth-order valence-corrected chi connectivity index (χ4v) is 4.18. The van der Waals surface area contributed by atoms with Gasteiger partial charge in [-0.3, -0.25) is 4.79 Å². The molecule has 5 nitrogen and oxygen atoms in total. The van der Waals surface area contributed by atoms with E-state index in [1.807, 2.05) is 35.1 Å². The molecule has 4 rings (SSSR count). The van der Waals surface area contributed by atoms with E-state index >= 15 is 0 Å². The van der Waals surface area contributed by atoms with E-state index < -0.39 is 0 Å². The Morgan fingerprint density at radius 3 is 2.43 bits per heavy atom. The molecular formula is C17H19ClN4O. The highest BCUT2D eigenvalue weighted by Gasteiger charge is 2.43. The Bertz CT molecular complexity index is 671. The zero-order valence-corrected chi connectivity index (χ0v) is 13.6. The lowest BCUT2D eigenvalue weighted by Gasteiger charge is -2.39. The van der Waals surface area contributed by atoms with Gasteiger partial charge < -0.3 is 4.90 Å². The Balaban J connectivity index is 1.46. The number of hydrogen-bond acceptors (Lipinski definition) is 3. The molecule has 2 fully saturated rings. The number of carbonyl (C=O) groups is 1. The first kappa shape index (κ1) is 14.7. The van der Waals surface area contributed by atoms with E-state index in [2.05, 4.69) is 15.2 Å². The molecule has 0 saturated carbocycles. The van der Waals surface area contributed by atoms with E-state index in [0.29, 0.717) is 29.6 Å². The topological polar surface area (TPSA) is 51.0 Å². The molecule has 0 radical (unpaired) electrons. The van der Waals surface area contributed by atoms with Gasteiger partial charge in [0, 0.05) is 23.3 Å². The molecule has 1 aromatic heterocycles. The van der Waals surface area contributed by atoms with Crippen molar-refractivity contribution in [1.82, 2.24) is 19.9 Å². The van der Waals surface area contributed by atoms with E-state index in [-0.39, 0.29) is 5.91 Å². The second-order valence-electron chi connectivity index (χ2n) is 6.50.